The molecule has 3 aliphatic heterocycles. The van der Waals surface area contributed by atoms with E-state index in [1.165, 1.54) is 0 Å². The fourth-order valence-electron chi connectivity index (χ4n) is 7.40. The Morgan fingerprint density at radius 3 is 2.60 bits per heavy atom. The molecule has 0 spiro atoms. The summed E-state index contributed by atoms with van der Waals surface area (Å²) in [4.78, 5) is 34.6. The van der Waals surface area contributed by atoms with E-state index in [1.54, 1.807) is 28.0 Å². The summed E-state index contributed by atoms with van der Waals surface area (Å²) in [6.45, 7) is 8.19. The van der Waals surface area contributed by atoms with E-state index in [9.17, 15) is 9.59 Å². The number of hydrogen-bond donors (Lipinski definition) is 1. The molecule has 0 radical (unpaired) electrons. The molecule has 0 saturated carbocycles. The summed E-state index contributed by atoms with van der Waals surface area (Å²) >= 11 is 13.5. The van der Waals surface area contributed by atoms with Crippen LogP contribution < -0.4 is 15.8 Å². The Kier molecular flexibility index (Phi) is 7.14. The van der Waals surface area contributed by atoms with Gasteiger partial charge in [0.05, 0.1) is 27.5 Å². The minimum Gasteiger partial charge on any atom is -0.444 e. The molecule has 6 heterocycles. The number of benzene rings is 1. The van der Waals surface area contributed by atoms with E-state index < -0.39 is 17.2 Å². The van der Waals surface area contributed by atoms with Gasteiger partial charge in [0.15, 0.2) is 11.9 Å². The fraction of sp³-hybridized carbons (Fsp3) is 0.581. The molecule has 1 aromatic carbocycles. The first-order chi connectivity index (χ1) is 21.3. The molecule has 240 valence electrons. The van der Waals surface area contributed by atoms with Crippen molar-refractivity contribution < 1.29 is 14.3 Å². The van der Waals surface area contributed by atoms with Crippen LogP contribution in [0.5, 0.6) is 0 Å². The van der Waals surface area contributed by atoms with Crippen LogP contribution in [0.15, 0.2) is 16.9 Å². The summed E-state index contributed by atoms with van der Waals surface area (Å²) in [6, 6.07) is 3.68. The Labute approximate surface area is 270 Å². The number of aryl methyl sites for hydroxylation is 1. The lowest BCUT2D eigenvalue weighted by Crippen LogP contribution is -2.55. The molecule has 3 saturated heterocycles. The van der Waals surface area contributed by atoms with Crippen LogP contribution in [0.4, 0.5) is 10.7 Å². The molecule has 0 aliphatic carbocycles. The van der Waals surface area contributed by atoms with E-state index in [0.717, 1.165) is 32.1 Å². The van der Waals surface area contributed by atoms with Gasteiger partial charge in [0.1, 0.15) is 21.8 Å². The van der Waals surface area contributed by atoms with Crippen LogP contribution >= 0.6 is 23.2 Å². The quantitative estimate of drug-likeness (QED) is 0.296. The van der Waals surface area contributed by atoms with Crippen LogP contribution in [0.25, 0.3) is 33.2 Å². The Hall–Kier alpha value is -3.35. The molecule has 2 bridgehead atoms. The number of ether oxygens (including phenoxy) is 2. The predicted octanol–water partition coefficient (Wildman–Crippen LogP) is 5.71. The first-order valence-corrected chi connectivity index (χ1v) is 16.2. The fourth-order valence-corrected chi connectivity index (χ4v) is 8.01. The topological polar surface area (TPSA) is 121 Å². The molecular formula is C31H38Cl2N8O4. The van der Waals surface area contributed by atoms with Crippen LogP contribution in [-0.2, 0) is 23.6 Å². The number of nitrogens with zero attached hydrogens (tertiary/aromatic N) is 7. The third kappa shape index (κ3) is 4.87. The SMILES string of the molecule is Cn1nc2ccc(-c3nn([C@H]4CCCCO4)c4nc(N5[C@H]6CC[C@@H]5[C@](C)(NC(=O)OC(C)(C)C)C6)n(C)c(=O)c34)c(Cl)c2c1Cl. The zero-order chi connectivity index (χ0) is 32.0. The van der Waals surface area contributed by atoms with Crippen molar-refractivity contribution in [3.05, 3.63) is 32.7 Å². The Morgan fingerprint density at radius 2 is 1.89 bits per heavy atom. The van der Waals surface area contributed by atoms with Crippen LogP contribution in [-0.4, -0.2) is 65.0 Å². The van der Waals surface area contributed by atoms with Crippen LogP contribution in [0.1, 0.15) is 72.4 Å². The maximum Gasteiger partial charge on any atom is 0.408 e. The molecule has 4 aromatic rings. The molecule has 3 aromatic heterocycles. The highest BCUT2D eigenvalue weighted by atomic mass is 35.5. The molecule has 14 heteroatoms. The number of halogens is 2. The predicted molar refractivity (Wildman–Crippen MR) is 173 cm³/mol. The molecule has 3 fully saturated rings. The van der Waals surface area contributed by atoms with Crippen molar-refractivity contribution in [1.82, 2.24) is 34.4 Å². The van der Waals surface area contributed by atoms with Gasteiger partial charge in [0, 0.05) is 32.3 Å². The maximum absolute atomic E-state index is 14.4. The second-order valence-corrected chi connectivity index (χ2v) is 14.5. The van der Waals surface area contributed by atoms with Gasteiger partial charge in [-0.25, -0.2) is 9.48 Å². The van der Waals surface area contributed by atoms with E-state index in [4.69, 9.17) is 42.8 Å². The third-order valence-corrected chi connectivity index (χ3v) is 10.2. The van der Waals surface area contributed by atoms with Gasteiger partial charge in [-0.1, -0.05) is 23.2 Å². The smallest absolute Gasteiger partial charge is 0.408 e. The Balaban J connectivity index is 1.37. The first-order valence-electron chi connectivity index (χ1n) is 15.5. The van der Waals surface area contributed by atoms with E-state index in [-0.39, 0.29) is 23.9 Å². The van der Waals surface area contributed by atoms with Gasteiger partial charge in [-0.2, -0.15) is 15.2 Å². The van der Waals surface area contributed by atoms with E-state index in [2.05, 4.69) is 15.3 Å². The maximum atomic E-state index is 14.4. The lowest BCUT2D eigenvalue weighted by molar-refractivity contribution is -0.0368. The molecule has 1 N–H and O–H groups in total. The zero-order valence-electron chi connectivity index (χ0n) is 26.4. The molecule has 3 aliphatic rings. The van der Waals surface area contributed by atoms with Crippen molar-refractivity contribution in [2.45, 2.75) is 95.7 Å². The van der Waals surface area contributed by atoms with Gasteiger partial charge in [-0.05, 0) is 78.4 Å². The normalized spacial score (nSPS) is 25.1. The molecule has 1 amide bonds. The van der Waals surface area contributed by atoms with Crippen molar-refractivity contribution in [1.29, 1.82) is 0 Å². The zero-order valence-corrected chi connectivity index (χ0v) is 27.9. The summed E-state index contributed by atoms with van der Waals surface area (Å²) in [5.41, 5.74) is 0.678. The van der Waals surface area contributed by atoms with Gasteiger partial charge < -0.3 is 19.7 Å². The molecule has 45 heavy (non-hydrogen) atoms. The third-order valence-electron chi connectivity index (χ3n) is 9.38. The number of carbonyl (C=O) groups excluding carboxylic acids is 1. The van der Waals surface area contributed by atoms with Crippen molar-refractivity contribution in [2.75, 3.05) is 11.5 Å². The Bertz CT molecular complexity index is 1900. The summed E-state index contributed by atoms with van der Waals surface area (Å²) in [6.07, 6.45) is 4.35. The summed E-state index contributed by atoms with van der Waals surface area (Å²) < 4.78 is 16.7. The van der Waals surface area contributed by atoms with Gasteiger partial charge >= 0.3 is 6.09 Å². The first kappa shape index (κ1) is 30.3. The number of nitrogens with one attached hydrogen (secondary N) is 1. The van der Waals surface area contributed by atoms with Crippen molar-refractivity contribution in [3.8, 4) is 11.3 Å². The van der Waals surface area contributed by atoms with Crippen molar-refractivity contribution in [3.63, 3.8) is 0 Å². The van der Waals surface area contributed by atoms with E-state index >= 15 is 0 Å². The molecule has 4 atom stereocenters. The lowest BCUT2D eigenvalue weighted by atomic mass is 9.83. The van der Waals surface area contributed by atoms with Crippen molar-refractivity contribution in [2.24, 2.45) is 14.1 Å². The molecule has 7 rings (SSSR count). The average molecular weight is 658 g/mol. The minimum atomic E-state index is -0.610. The van der Waals surface area contributed by atoms with Crippen LogP contribution in [0, 0.1) is 0 Å². The number of alkyl carbamates (subject to hydrolysis) is 1. The summed E-state index contributed by atoms with van der Waals surface area (Å²) in [5, 5.41) is 14.3. The largest absolute Gasteiger partial charge is 0.444 e. The van der Waals surface area contributed by atoms with Crippen molar-refractivity contribution >= 4 is 57.2 Å². The highest BCUT2D eigenvalue weighted by molar-refractivity contribution is 6.43. The molecule has 0 unspecified atom stereocenters. The standard InChI is InChI=1S/C31H38Cl2N8O4/c1-30(2,3)45-29(43)35-31(4)15-16-10-13-19(31)40(16)28-34-26-22(27(42)38(28)5)24(37-41(26)20-9-7-8-14-44-20)17-11-12-18-21(23(17)32)25(33)39(6)36-18/h11-12,16,19-20H,7-10,13-15H2,1-6H3,(H,35,43)/t16-,19+,20+,31+/m0/s1. The number of rotatable bonds is 4. The van der Waals surface area contributed by atoms with E-state index in [1.807, 2.05) is 39.8 Å². The van der Waals surface area contributed by atoms with Gasteiger partial charge in [0.2, 0.25) is 5.95 Å². The van der Waals surface area contributed by atoms with Gasteiger partial charge in [0.25, 0.3) is 5.56 Å². The minimum absolute atomic E-state index is 0.0723. The van der Waals surface area contributed by atoms with Gasteiger partial charge in [-0.3, -0.25) is 14.0 Å². The summed E-state index contributed by atoms with van der Waals surface area (Å²) in [7, 11) is 3.49. The second-order valence-electron chi connectivity index (χ2n) is 13.7. The molecular weight excluding hydrogens is 619 g/mol. The highest BCUT2D eigenvalue weighted by Gasteiger charge is 2.55. The lowest BCUT2D eigenvalue weighted by Gasteiger charge is -2.35. The van der Waals surface area contributed by atoms with Gasteiger partial charge in [-0.15, -0.1) is 0 Å². The Morgan fingerprint density at radius 1 is 1.11 bits per heavy atom. The second kappa shape index (κ2) is 10.6. The van der Waals surface area contributed by atoms with E-state index in [0.29, 0.717) is 62.3 Å². The van der Waals surface area contributed by atoms with Crippen LogP contribution in [0.2, 0.25) is 10.2 Å². The summed E-state index contributed by atoms with van der Waals surface area (Å²) in [5.74, 6) is 0.537. The average Bonchev–Trinajstić information content (AvgIpc) is 3.69. The number of carbonyl (C=O) groups is 1. The highest BCUT2D eigenvalue weighted by Crippen LogP contribution is 2.47. The number of hydrogen-bond acceptors (Lipinski definition) is 8. The number of fused-ring (bicyclic) bond motifs is 4. The van der Waals surface area contributed by atoms with Crippen LogP contribution in [0.3, 0.4) is 0 Å². The number of aromatic nitrogens is 6. The number of anilines is 1. The monoisotopic (exact) mass is 656 g/mol. The molecule has 12 nitrogen and oxygen atoms in total. The number of amides is 1.